The average Bonchev–Trinajstić information content (AvgIpc) is 2.66. The summed E-state index contributed by atoms with van der Waals surface area (Å²) < 4.78 is 7.12. The lowest BCUT2D eigenvalue weighted by Gasteiger charge is -2.44. The quantitative estimate of drug-likeness (QED) is 0.480. The van der Waals surface area contributed by atoms with E-state index in [4.69, 9.17) is 4.74 Å². The molecule has 2 aliphatic heterocycles. The average molecular weight is 212 g/mol. The van der Waals surface area contributed by atoms with Crippen LogP contribution in [-0.4, -0.2) is 34.9 Å². The molecule has 0 N–H and O–H groups in total. The van der Waals surface area contributed by atoms with E-state index in [0.29, 0.717) is 11.6 Å². The van der Waals surface area contributed by atoms with Crippen LogP contribution >= 0.6 is 0 Å². The van der Waals surface area contributed by atoms with Crippen LogP contribution in [0, 0.1) is 5.92 Å². The van der Waals surface area contributed by atoms with Crippen molar-refractivity contribution in [1.29, 1.82) is 0 Å². The molecule has 0 radical (unpaired) electrons. The Morgan fingerprint density at radius 3 is 2.27 bits per heavy atom. The maximum absolute atomic E-state index is 5.91. The molecule has 2 saturated heterocycles. The highest BCUT2D eigenvalue weighted by Crippen LogP contribution is 2.54. The summed E-state index contributed by atoms with van der Waals surface area (Å²) in [5.74, 6) is 0.774. The van der Waals surface area contributed by atoms with Crippen LogP contribution in [0.15, 0.2) is 0 Å². The molecule has 0 aromatic carbocycles. The molecule has 2 aliphatic rings. The van der Waals surface area contributed by atoms with Crippen molar-refractivity contribution < 1.29 is 9.22 Å². The monoisotopic (exact) mass is 212 g/mol. The first-order valence-corrected chi connectivity index (χ1v) is 6.32. The van der Waals surface area contributed by atoms with Crippen molar-refractivity contribution in [2.24, 2.45) is 5.92 Å². The second kappa shape index (κ2) is 3.21. The Morgan fingerprint density at radius 1 is 1.27 bits per heavy atom. The van der Waals surface area contributed by atoms with Crippen molar-refractivity contribution in [3.05, 3.63) is 0 Å². The van der Waals surface area contributed by atoms with Crippen LogP contribution in [0.2, 0.25) is 0 Å². The van der Waals surface area contributed by atoms with E-state index in [2.05, 4.69) is 41.5 Å². The van der Waals surface area contributed by atoms with Crippen LogP contribution in [0.5, 0.6) is 0 Å². The van der Waals surface area contributed by atoms with Gasteiger partial charge in [0.15, 0.2) is 6.73 Å². The van der Waals surface area contributed by atoms with E-state index in [1.54, 1.807) is 0 Å². The van der Waals surface area contributed by atoms with E-state index >= 15 is 0 Å². The first kappa shape index (κ1) is 11.4. The Hall–Kier alpha value is -0.0800. The maximum atomic E-state index is 5.91. The summed E-state index contributed by atoms with van der Waals surface area (Å²) in [5.41, 5.74) is 0.395. The van der Waals surface area contributed by atoms with Gasteiger partial charge in [-0.15, -0.1) is 0 Å². The third kappa shape index (κ3) is 1.38. The van der Waals surface area contributed by atoms with Crippen LogP contribution in [-0.2, 0) is 4.74 Å². The zero-order chi connectivity index (χ0) is 11.4. The summed E-state index contributed by atoms with van der Waals surface area (Å²) in [5, 5.41) is 0. The van der Waals surface area contributed by atoms with E-state index in [-0.39, 0.29) is 0 Å². The van der Waals surface area contributed by atoms with Crippen molar-refractivity contribution in [2.75, 3.05) is 6.73 Å². The summed E-state index contributed by atoms with van der Waals surface area (Å²) >= 11 is 0. The molecule has 0 aromatic rings. The molecule has 0 bridgehead atoms. The minimum absolute atomic E-state index is 0.395. The second-order valence-corrected chi connectivity index (χ2v) is 6.53. The Balaban J connectivity index is 2.23. The maximum Gasteiger partial charge on any atom is 0.184 e. The van der Waals surface area contributed by atoms with Crippen LogP contribution in [0.25, 0.3) is 0 Å². The number of rotatable bonds is 1. The van der Waals surface area contributed by atoms with E-state index in [1.165, 1.54) is 10.9 Å². The molecule has 2 fully saturated rings. The second-order valence-electron chi connectivity index (χ2n) is 6.53. The summed E-state index contributed by atoms with van der Waals surface area (Å²) in [6.45, 7) is 15.1. The van der Waals surface area contributed by atoms with Crippen LogP contribution in [0.1, 0.15) is 48.0 Å². The molecular weight excluding hydrogens is 186 g/mol. The number of quaternary nitrogens is 1. The summed E-state index contributed by atoms with van der Waals surface area (Å²) in [6, 6.07) is 1.60. The van der Waals surface area contributed by atoms with Crippen LogP contribution in [0.4, 0.5) is 0 Å². The fourth-order valence-corrected chi connectivity index (χ4v) is 4.19. The van der Waals surface area contributed by atoms with Crippen molar-refractivity contribution in [3.63, 3.8) is 0 Å². The van der Waals surface area contributed by atoms with Crippen molar-refractivity contribution in [2.45, 2.75) is 71.7 Å². The van der Waals surface area contributed by atoms with Gasteiger partial charge in [0.2, 0.25) is 0 Å². The van der Waals surface area contributed by atoms with Gasteiger partial charge < -0.3 is 4.74 Å². The highest BCUT2D eigenvalue weighted by Gasteiger charge is 2.72. The number of nitrogens with zero attached hydrogens (tertiary/aromatic N) is 1. The van der Waals surface area contributed by atoms with Gasteiger partial charge in [-0.05, 0) is 27.7 Å². The first-order valence-electron chi connectivity index (χ1n) is 6.32. The van der Waals surface area contributed by atoms with E-state index in [1.807, 2.05) is 0 Å². The lowest BCUT2D eigenvalue weighted by Crippen LogP contribution is -2.57. The van der Waals surface area contributed by atoms with Crippen molar-refractivity contribution in [3.8, 4) is 0 Å². The molecule has 1 spiro atoms. The third-order valence-corrected chi connectivity index (χ3v) is 4.83. The molecule has 0 aromatic heterocycles. The van der Waals surface area contributed by atoms with Crippen LogP contribution in [0.3, 0.4) is 0 Å². The first-order chi connectivity index (χ1) is 6.83. The number of ether oxygens (including phenoxy) is 1. The van der Waals surface area contributed by atoms with Gasteiger partial charge in [0.25, 0.3) is 0 Å². The molecule has 2 heteroatoms. The third-order valence-electron chi connectivity index (χ3n) is 4.83. The molecule has 88 valence electrons. The van der Waals surface area contributed by atoms with E-state index in [0.717, 1.165) is 24.7 Å². The number of hydrogen-bond donors (Lipinski definition) is 0. The van der Waals surface area contributed by atoms with Crippen molar-refractivity contribution >= 4 is 0 Å². The number of hydrogen-bond acceptors (Lipinski definition) is 1. The minimum Gasteiger partial charge on any atom is -0.328 e. The lowest BCUT2D eigenvalue weighted by atomic mass is 9.93. The van der Waals surface area contributed by atoms with Crippen LogP contribution < -0.4 is 0 Å². The van der Waals surface area contributed by atoms with Gasteiger partial charge in [0.1, 0.15) is 12.1 Å². The fourth-order valence-electron chi connectivity index (χ4n) is 4.19. The SMILES string of the molecule is CC1CC(C)(C)[N+]2(CO1)C(C)C2C(C)C. The predicted molar refractivity (Wildman–Crippen MR) is 62.5 cm³/mol. The van der Waals surface area contributed by atoms with Gasteiger partial charge >= 0.3 is 0 Å². The molecule has 4 atom stereocenters. The summed E-state index contributed by atoms with van der Waals surface area (Å²) in [7, 11) is 0. The van der Waals surface area contributed by atoms with Gasteiger partial charge in [0, 0.05) is 12.3 Å². The highest BCUT2D eigenvalue weighted by atomic mass is 16.5. The predicted octanol–water partition coefficient (Wildman–Crippen LogP) is 2.77. The van der Waals surface area contributed by atoms with Gasteiger partial charge in [-0.2, -0.15) is 0 Å². The Labute approximate surface area is 94.2 Å². The molecule has 2 nitrogen and oxygen atoms in total. The largest absolute Gasteiger partial charge is 0.328 e. The molecular formula is C13H26NO+. The molecule has 0 aliphatic carbocycles. The Morgan fingerprint density at radius 2 is 1.87 bits per heavy atom. The fraction of sp³-hybridized carbons (Fsp3) is 1.00. The smallest absolute Gasteiger partial charge is 0.184 e. The molecule has 0 amide bonds. The molecule has 2 rings (SSSR count). The molecule has 2 heterocycles. The zero-order valence-corrected chi connectivity index (χ0v) is 11.1. The minimum atomic E-state index is 0.395. The Kier molecular flexibility index (Phi) is 2.44. The van der Waals surface area contributed by atoms with Gasteiger partial charge in [-0.25, -0.2) is 0 Å². The van der Waals surface area contributed by atoms with Gasteiger partial charge in [0.05, 0.1) is 11.6 Å². The summed E-state index contributed by atoms with van der Waals surface area (Å²) in [6.07, 6.45) is 1.63. The normalized spacial score (nSPS) is 48.6. The molecule has 15 heavy (non-hydrogen) atoms. The molecule has 0 saturated carbocycles. The van der Waals surface area contributed by atoms with Crippen molar-refractivity contribution in [1.82, 2.24) is 0 Å². The standard InChI is InChI=1S/C13H26NO/c1-9(2)12-11(4)14(12)8-15-10(3)7-13(14,5)6/h9-12H,7-8H2,1-6H3/q+1. The highest BCUT2D eigenvalue weighted by molar-refractivity contribution is 4.95. The van der Waals surface area contributed by atoms with Gasteiger partial charge in [-0.1, -0.05) is 13.8 Å². The zero-order valence-electron chi connectivity index (χ0n) is 11.1. The molecule has 4 unspecified atom stereocenters. The van der Waals surface area contributed by atoms with E-state index < -0.39 is 0 Å². The lowest BCUT2D eigenvalue weighted by molar-refractivity contribution is -0.909. The topological polar surface area (TPSA) is 9.23 Å². The Bertz CT molecular complexity index is 261. The van der Waals surface area contributed by atoms with Gasteiger partial charge in [-0.3, -0.25) is 4.48 Å². The summed E-state index contributed by atoms with van der Waals surface area (Å²) in [4.78, 5) is 0. The van der Waals surface area contributed by atoms with E-state index in [9.17, 15) is 0 Å².